The van der Waals surface area contributed by atoms with Crippen LogP contribution in [0.3, 0.4) is 0 Å². The van der Waals surface area contributed by atoms with E-state index < -0.39 is 17.5 Å². The highest BCUT2D eigenvalue weighted by Gasteiger charge is 2.49. The average molecular weight is 414 g/mol. The summed E-state index contributed by atoms with van der Waals surface area (Å²) < 4.78 is 0. The molecule has 0 bridgehead atoms. The van der Waals surface area contributed by atoms with Gasteiger partial charge < -0.3 is 10.6 Å². The summed E-state index contributed by atoms with van der Waals surface area (Å²) in [6.07, 6.45) is 0.346. The number of Topliss-reactive ketones (excluding diaryl/α,β-unsaturated/α-hetero) is 1. The standard InChI is InChI=1S/C21H20ClN3O4/c1-3-18(27)23-16-10-4-13(5-11-16)17(26)12-25-19(28)21(2,24-20(25)29)14-6-8-15(22)9-7-14/h4-11H,3,12H2,1-2H3,(H,23,27)(H,24,29)/t21-/m0/s1. The maximum absolute atomic E-state index is 12.9. The van der Waals surface area contributed by atoms with Crippen molar-refractivity contribution in [2.24, 2.45) is 0 Å². The molecular weight excluding hydrogens is 394 g/mol. The SMILES string of the molecule is CCC(=O)Nc1ccc(C(=O)CN2C(=O)N[C@@](C)(c3ccc(Cl)cc3)C2=O)cc1. The molecule has 0 saturated carbocycles. The number of imide groups is 1. The van der Waals surface area contributed by atoms with Gasteiger partial charge >= 0.3 is 6.03 Å². The van der Waals surface area contributed by atoms with E-state index in [-0.39, 0.29) is 18.2 Å². The van der Waals surface area contributed by atoms with Crippen molar-refractivity contribution in [1.82, 2.24) is 10.2 Å². The van der Waals surface area contributed by atoms with Crippen molar-refractivity contribution in [2.45, 2.75) is 25.8 Å². The molecule has 0 aromatic heterocycles. The highest BCUT2D eigenvalue weighted by molar-refractivity contribution is 6.30. The van der Waals surface area contributed by atoms with Crippen molar-refractivity contribution in [2.75, 3.05) is 11.9 Å². The minimum absolute atomic E-state index is 0.134. The van der Waals surface area contributed by atoms with Crippen LogP contribution >= 0.6 is 11.6 Å². The maximum Gasteiger partial charge on any atom is 0.325 e. The second-order valence-electron chi connectivity index (χ2n) is 6.86. The van der Waals surface area contributed by atoms with Crippen LogP contribution < -0.4 is 10.6 Å². The van der Waals surface area contributed by atoms with E-state index in [1.807, 2.05) is 0 Å². The lowest BCUT2D eigenvalue weighted by atomic mass is 9.92. The molecule has 2 aromatic carbocycles. The van der Waals surface area contributed by atoms with Gasteiger partial charge in [0.15, 0.2) is 5.78 Å². The molecule has 0 spiro atoms. The lowest BCUT2D eigenvalue weighted by molar-refractivity contribution is -0.130. The first-order valence-corrected chi connectivity index (χ1v) is 9.45. The highest BCUT2D eigenvalue weighted by atomic mass is 35.5. The van der Waals surface area contributed by atoms with Gasteiger partial charge in [0.2, 0.25) is 5.91 Å². The molecule has 1 aliphatic heterocycles. The Balaban J connectivity index is 1.73. The van der Waals surface area contributed by atoms with Crippen molar-refractivity contribution >= 4 is 40.9 Å². The number of hydrogen-bond acceptors (Lipinski definition) is 4. The number of halogens is 1. The highest BCUT2D eigenvalue weighted by Crippen LogP contribution is 2.29. The molecule has 4 amide bonds. The van der Waals surface area contributed by atoms with Crippen LogP contribution in [0.2, 0.25) is 5.02 Å². The van der Waals surface area contributed by atoms with Crippen LogP contribution in [0.5, 0.6) is 0 Å². The van der Waals surface area contributed by atoms with Gasteiger partial charge in [-0.1, -0.05) is 30.7 Å². The van der Waals surface area contributed by atoms with E-state index >= 15 is 0 Å². The van der Waals surface area contributed by atoms with Crippen molar-refractivity contribution in [3.05, 3.63) is 64.7 Å². The Morgan fingerprint density at radius 3 is 2.28 bits per heavy atom. The second-order valence-corrected chi connectivity index (χ2v) is 7.29. The van der Waals surface area contributed by atoms with Gasteiger partial charge in [-0.3, -0.25) is 19.3 Å². The largest absolute Gasteiger partial charge is 0.326 e. The minimum atomic E-state index is -1.27. The number of carbonyl (C=O) groups excluding carboxylic acids is 4. The smallest absolute Gasteiger partial charge is 0.325 e. The topological polar surface area (TPSA) is 95.6 Å². The Kier molecular flexibility index (Phi) is 5.70. The van der Waals surface area contributed by atoms with Gasteiger partial charge in [0.1, 0.15) is 5.54 Å². The van der Waals surface area contributed by atoms with E-state index in [4.69, 9.17) is 11.6 Å². The number of nitrogens with zero attached hydrogens (tertiary/aromatic N) is 1. The van der Waals surface area contributed by atoms with Gasteiger partial charge in [-0.05, 0) is 48.9 Å². The zero-order valence-corrected chi connectivity index (χ0v) is 16.7. The summed E-state index contributed by atoms with van der Waals surface area (Å²) in [5.74, 6) is -1.03. The Labute approximate surface area is 173 Å². The van der Waals surface area contributed by atoms with Gasteiger partial charge in [0.05, 0.1) is 6.54 Å². The molecule has 0 aliphatic carbocycles. The molecule has 1 saturated heterocycles. The van der Waals surface area contributed by atoms with E-state index in [0.29, 0.717) is 28.3 Å². The number of benzene rings is 2. The Morgan fingerprint density at radius 1 is 1.07 bits per heavy atom. The van der Waals surface area contributed by atoms with Crippen molar-refractivity contribution in [1.29, 1.82) is 0 Å². The number of urea groups is 1. The summed E-state index contributed by atoms with van der Waals surface area (Å²) in [6.45, 7) is 2.95. The average Bonchev–Trinajstić information content (AvgIpc) is 2.92. The zero-order valence-electron chi connectivity index (χ0n) is 16.0. The third kappa shape index (κ3) is 4.14. The lowest BCUT2D eigenvalue weighted by Crippen LogP contribution is -2.41. The van der Waals surface area contributed by atoms with Gasteiger partial charge in [-0.15, -0.1) is 0 Å². The van der Waals surface area contributed by atoms with Crippen molar-refractivity contribution in [3.63, 3.8) is 0 Å². The summed E-state index contributed by atoms with van der Waals surface area (Å²) in [5.41, 5.74) is 0.209. The van der Waals surface area contributed by atoms with Gasteiger partial charge in [-0.2, -0.15) is 0 Å². The summed E-state index contributed by atoms with van der Waals surface area (Å²) >= 11 is 5.89. The molecule has 0 radical (unpaired) electrons. The molecule has 3 rings (SSSR count). The van der Waals surface area contributed by atoms with E-state index in [1.165, 1.54) is 0 Å². The number of nitrogens with one attached hydrogen (secondary N) is 2. The first kappa shape index (κ1) is 20.5. The summed E-state index contributed by atoms with van der Waals surface area (Å²) in [4.78, 5) is 50.2. The molecule has 29 heavy (non-hydrogen) atoms. The molecule has 2 aromatic rings. The van der Waals surface area contributed by atoms with Gasteiger partial charge in [0.25, 0.3) is 5.91 Å². The number of anilines is 1. The zero-order chi connectivity index (χ0) is 21.2. The fourth-order valence-corrected chi connectivity index (χ4v) is 3.17. The molecule has 8 heteroatoms. The van der Waals surface area contributed by atoms with Crippen LogP contribution in [0.15, 0.2) is 48.5 Å². The molecule has 1 fully saturated rings. The van der Waals surface area contributed by atoms with Crippen molar-refractivity contribution in [3.8, 4) is 0 Å². The van der Waals surface area contributed by atoms with Crippen LogP contribution in [-0.2, 0) is 15.1 Å². The molecular formula is C21H20ClN3O4. The normalized spacial score (nSPS) is 18.5. The summed E-state index contributed by atoms with van der Waals surface area (Å²) in [7, 11) is 0. The second kappa shape index (κ2) is 8.05. The number of ketones is 1. The van der Waals surface area contributed by atoms with E-state index in [1.54, 1.807) is 62.4 Å². The van der Waals surface area contributed by atoms with E-state index in [9.17, 15) is 19.2 Å². The van der Waals surface area contributed by atoms with E-state index in [2.05, 4.69) is 10.6 Å². The number of rotatable bonds is 6. The first-order chi connectivity index (χ1) is 13.7. The van der Waals surface area contributed by atoms with Gasteiger partial charge in [0, 0.05) is 22.7 Å². The molecule has 1 heterocycles. The molecule has 1 atom stereocenters. The third-order valence-corrected chi connectivity index (χ3v) is 5.06. The Morgan fingerprint density at radius 2 is 1.69 bits per heavy atom. The molecule has 7 nitrogen and oxygen atoms in total. The minimum Gasteiger partial charge on any atom is -0.326 e. The van der Waals surface area contributed by atoms with Crippen LogP contribution in [-0.4, -0.2) is 35.1 Å². The Hall–Kier alpha value is -3.19. The number of amides is 4. The predicted octanol–water partition coefficient (Wildman–Crippen LogP) is 3.34. The monoisotopic (exact) mass is 413 g/mol. The van der Waals surface area contributed by atoms with Crippen LogP contribution in [0, 0.1) is 0 Å². The number of hydrogen-bond donors (Lipinski definition) is 2. The maximum atomic E-state index is 12.9. The van der Waals surface area contributed by atoms with Crippen LogP contribution in [0.25, 0.3) is 0 Å². The molecule has 150 valence electrons. The quantitative estimate of drug-likeness (QED) is 0.560. The summed E-state index contributed by atoms with van der Waals surface area (Å²) in [6, 6.07) is 12.3. The summed E-state index contributed by atoms with van der Waals surface area (Å²) in [5, 5.41) is 5.86. The fraction of sp³-hybridized carbons (Fsp3) is 0.238. The lowest BCUT2D eigenvalue weighted by Gasteiger charge is -2.22. The first-order valence-electron chi connectivity index (χ1n) is 9.08. The molecule has 2 N–H and O–H groups in total. The van der Waals surface area contributed by atoms with Crippen LogP contribution in [0.1, 0.15) is 36.2 Å². The van der Waals surface area contributed by atoms with Crippen LogP contribution in [0.4, 0.5) is 10.5 Å². The van der Waals surface area contributed by atoms with Crippen molar-refractivity contribution < 1.29 is 19.2 Å². The van der Waals surface area contributed by atoms with E-state index in [0.717, 1.165) is 4.90 Å². The predicted molar refractivity (Wildman–Crippen MR) is 109 cm³/mol. The Bertz CT molecular complexity index is 972. The molecule has 0 unspecified atom stereocenters. The molecule has 1 aliphatic rings. The fourth-order valence-electron chi connectivity index (χ4n) is 3.04. The number of carbonyl (C=O) groups is 4. The third-order valence-electron chi connectivity index (χ3n) is 4.81. The van der Waals surface area contributed by atoms with Gasteiger partial charge in [-0.25, -0.2) is 4.79 Å².